The van der Waals surface area contributed by atoms with Gasteiger partial charge in [0.1, 0.15) is 0 Å². The van der Waals surface area contributed by atoms with Gasteiger partial charge in [-0.2, -0.15) is 0 Å². The van der Waals surface area contributed by atoms with Crippen molar-refractivity contribution in [1.82, 2.24) is 10.6 Å². The number of hydrogen-bond donors (Lipinski definition) is 2. The number of halogens is 2. The van der Waals surface area contributed by atoms with Gasteiger partial charge >= 0.3 is 0 Å². The van der Waals surface area contributed by atoms with Crippen LogP contribution in [0.1, 0.15) is 25.3 Å². The lowest BCUT2D eigenvalue weighted by molar-refractivity contribution is 0.0420. The third-order valence-corrected chi connectivity index (χ3v) is 4.00. The van der Waals surface area contributed by atoms with E-state index in [0.717, 1.165) is 56.2 Å². The quantitative estimate of drug-likeness (QED) is 0.243. The standard InChI is InChI=1S/C17H26BrN3O2.HI/c1-2-19-17(21-12-14-5-3-6-15(18)11-14)20-8-4-9-23-16-7-10-22-13-16;/h3,5-6,11,16H,2,4,7-10,12-13H2,1H3,(H2,19,20,21);1H. The van der Waals surface area contributed by atoms with Crippen LogP contribution in [0.25, 0.3) is 0 Å². The Morgan fingerprint density at radius 2 is 2.29 bits per heavy atom. The molecule has 1 aliphatic heterocycles. The van der Waals surface area contributed by atoms with E-state index in [2.05, 4.69) is 50.6 Å². The zero-order valence-corrected chi connectivity index (χ0v) is 18.0. The van der Waals surface area contributed by atoms with Crippen LogP contribution in [0, 0.1) is 0 Å². The number of hydrogen-bond acceptors (Lipinski definition) is 3. The second-order valence-electron chi connectivity index (χ2n) is 5.46. The maximum absolute atomic E-state index is 5.76. The second kappa shape index (κ2) is 12.9. The maximum Gasteiger partial charge on any atom is 0.191 e. The van der Waals surface area contributed by atoms with Gasteiger partial charge in [-0.25, -0.2) is 4.99 Å². The molecule has 2 N–H and O–H groups in total. The molecule has 24 heavy (non-hydrogen) atoms. The van der Waals surface area contributed by atoms with E-state index >= 15 is 0 Å². The van der Waals surface area contributed by atoms with Gasteiger partial charge in [-0.3, -0.25) is 0 Å². The third kappa shape index (κ3) is 8.64. The lowest BCUT2D eigenvalue weighted by Crippen LogP contribution is -2.38. The van der Waals surface area contributed by atoms with E-state index in [1.165, 1.54) is 5.56 Å². The van der Waals surface area contributed by atoms with Crippen molar-refractivity contribution in [2.24, 2.45) is 4.99 Å². The van der Waals surface area contributed by atoms with Crippen LogP contribution >= 0.6 is 39.9 Å². The van der Waals surface area contributed by atoms with Crippen molar-refractivity contribution in [2.45, 2.75) is 32.4 Å². The van der Waals surface area contributed by atoms with Crippen LogP contribution in [0.2, 0.25) is 0 Å². The maximum atomic E-state index is 5.76. The molecule has 1 fully saturated rings. The number of aliphatic imine (C=N–C) groups is 1. The predicted molar refractivity (Wildman–Crippen MR) is 112 cm³/mol. The van der Waals surface area contributed by atoms with E-state index in [1.54, 1.807) is 0 Å². The van der Waals surface area contributed by atoms with E-state index in [4.69, 9.17) is 9.47 Å². The number of benzene rings is 1. The van der Waals surface area contributed by atoms with Gasteiger partial charge in [0.25, 0.3) is 0 Å². The molecule has 0 amide bonds. The average molecular weight is 512 g/mol. The Kier molecular flexibility index (Phi) is 11.7. The summed E-state index contributed by atoms with van der Waals surface area (Å²) in [5.74, 6) is 0.844. The first-order valence-corrected chi connectivity index (χ1v) is 9.03. The number of nitrogens with zero attached hydrogens (tertiary/aromatic N) is 1. The second-order valence-corrected chi connectivity index (χ2v) is 6.38. The molecule has 0 aliphatic carbocycles. The molecule has 2 rings (SSSR count). The first-order valence-electron chi connectivity index (χ1n) is 8.24. The normalized spacial score (nSPS) is 17.4. The van der Waals surface area contributed by atoms with Crippen molar-refractivity contribution in [3.63, 3.8) is 0 Å². The molecule has 1 aromatic rings. The van der Waals surface area contributed by atoms with Gasteiger partial charge in [-0.1, -0.05) is 28.1 Å². The van der Waals surface area contributed by atoms with Crippen molar-refractivity contribution >= 4 is 45.9 Å². The molecule has 0 radical (unpaired) electrons. The Morgan fingerprint density at radius 1 is 1.42 bits per heavy atom. The highest BCUT2D eigenvalue weighted by atomic mass is 127. The summed E-state index contributed by atoms with van der Waals surface area (Å²) in [4.78, 5) is 4.61. The molecule has 0 spiro atoms. The number of rotatable bonds is 8. The Hall–Kier alpha value is -0.380. The van der Waals surface area contributed by atoms with Gasteiger partial charge in [0.2, 0.25) is 0 Å². The Bertz CT molecular complexity index is 496. The number of ether oxygens (including phenoxy) is 2. The summed E-state index contributed by atoms with van der Waals surface area (Å²) in [6.45, 7) is 6.74. The summed E-state index contributed by atoms with van der Waals surface area (Å²) in [6, 6.07) is 8.21. The van der Waals surface area contributed by atoms with E-state index in [0.29, 0.717) is 6.54 Å². The zero-order valence-electron chi connectivity index (χ0n) is 14.1. The van der Waals surface area contributed by atoms with Crippen molar-refractivity contribution in [1.29, 1.82) is 0 Å². The highest BCUT2D eigenvalue weighted by Gasteiger charge is 2.15. The first-order chi connectivity index (χ1) is 11.3. The first kappa shape index (κ1) is 21.7. The highest BCUT2D eigenvalue weighted by Crippen LogP contribution is 2.12. The molecule has 136 valence electrons. The average Bonchev–Trinajstić information content (AvgIpc) is 3.05. The van der Waals surface area contributed by atoms with Gasteiger partial charge in [0.15, 0.2) is 5.96 Å². The molecular weight excluding hydrogens is 485 g/mol. The molecule has 1 aromatic carbocycles. The van der Waals surface area contributed by atoms with Crippen molar-refractivity contribution in [3.05, 3.63) is 34.3 Å². The van der Waals surface area contributed by atoms with E-state index in [1.807, 2.05) is 12.1 Å². The van der Waals surface area contributed by atoms with Crippen molar-refractivity contribution in [2.75, 3.05) is 32.9 Å². The largest absolute Gasteiger partial charge is 0.379 e. The summed E-state index contributed by atoms with van der Waals surface area (Å²) >= 11 is 3.48. The van der Waals surface area contributed by atoms with Crippen LogP contribution in [0.3, 0.4) is 0 Å². The van der Waals surface area contributed by atoms with Crippen LogP contribution in [0.15, 0.2) is 33.7 Å². The topological polar surface area (TPSA) is 54.9 Å². The number of nitrogens with one attached hydrogen (secondary N) is 2. The van der Waals surface area contributed by atoms with Crippen LogP contribution in [0.4, 0.5) is 0 Å². The molecule has 1 heterocycles. The predicted octanol–water partition coefficient (Wildman–Crippen LogP) is 3.32. The van der Waals surface area contributed by atoms with Crippen LogP contribution < -0.4 is 10.6 Å². The minimum atomic E-state index is 0. The summed E-state index contributed by atoms with van der Waals surface area (Å²) in [5.41, 5.74) is 1.18. The van der Waals surface area contributed by atoms with Gasteiger partial charge in [0.05, 0.1) is 19.3 Å². The molecular formula is C17H27BrIN3O2. The fraction of sp³-hybridized carbons (Fsp3) is 0.588. The molecule has 0 bridgehead atoms. The minimum absolute atomic E-state index is 0. The van der Waals surface area contributed by atoms with Crippen LogP contribution in [0.5, 0.6) is 0 Å². The Labute approximate surface area is 170 Å². The van der Waals surface area contributed by atoms with Crippen molar-refractivity contribution in [3.8, 4) is 0 Å². The molecule has 0 saturated carbocycles. The third-order valence-electron chi connectivity index (χ3n) is 3.51. The SMILES string of the molecule is CCNC(=NCc1cccc(Br)c1)NCCCOC1CCOC1.I. The van der Waals surface area contributed by atoms with Crippen molar-refractivity contribution < 1.29 is 9.47 Å². The molecule has 5 nitrogen and oxygen atoms in total. The lowest BCUT2D eigenvalue weighted by Gasteiger charge is -2.13. The van der Waals surface area contributed by atoms with E-state index in [-0.39, 0.29) is 30.1 Å². The highest BCUT2D eigenvalue weighted by molar-refractivity contribution is 14.0. The number of guanidine groups is 1. The van der Waals surface area contributed by atoms with E-state index in [9.17, 15) is 0 Å². The van der Waals surface area contributed by atoms with E-state index < -0.39 is 0 Å². The fourth-order valence-electron chi connectivity index (χ4n) is 2.32. The van der Waals surface area contributed by atoms with Crippen LogP contribution in [-0.4, -0.2) is 45.0 Å². The van der Waals surface area contributed by atoms with Gasteiger partial charge in [-0.05, 0) is 37.5 Å². The summed E-state index contributed by atoms with van der Waals surface area (Å²) in [7, 11) is 0. The Balaban J connectivity index is 0.00000288. The molecule has 1 atom stereocenters. The fourth-order valence-corrected chi connectivity index (χ4v) is 2.77. The summed E-state index contributed by atoms with van der Waals surface area (Å²) in [5, 5.41) is 6.61. The molecule has 1 saturated heterocycles. The van der Waals surface area contributed by atoms with Gasteiger partial charge in [-0.15, -0.1) is 24.0 Å². The zero-order chi connectivity index (χ0) is 16.3. The van der Waals surface area contributed by atoms with Gasteiger partial charge < -0.3 is 20.1 Å². The molecule has 7 heteroatoms. The smallest absolute Gasteiger partial charge is 0.191 e. The monoisotopic (exact) mass is 511 g/mol. The molecule has 1 aliphatic rings. The van der Waals surface area contributed by atoms with Crippen LogP contribution in [-0.2, 0) is 16.0 Å². The Morgan fingerprint density at radius 3 is 3.00 bits per heavy atom. The lowest BCUT2D eigenvalue weighted by atomic mass is 10.2. The molecule has 0 aromatic heterocycles. The minimum Gasteiger partial charge on any atom is -0.379 e. The van der Waals surface area contributed by atoms with Gasteiger partial charge in [0, 0.05) is 30.8 Å². The summed E-state index contributed by atoms with van der Waals surface area (Å²) < 4.78 is 12.1. The molecule has 1 unspecified atom stereocenters. The summed E-state index contributed by atoms with van der Waals surface area (Å²) in [6.07, 6.45) is 2.26.